The number of benzene rings is 1. The summed E-state index contributed by atoms with van der Waals surface area (Å²) >= 11 is 0. The minimum absolute atomic E-state index is 0.0611. The molecule has 104 valence electrons. The molecule has 1 saturated heterocycles. The van der Waals surface area contributed by atoms with Gasteiger partial charge < -0.3 is 10.0 Å². The van der Waals surface area contributed by atoms with E-state index >= 15 is 0 Å². The van der Waals surface area contributed by atoms with E-state index < -0.39 is 0 Å². The zero-order valence-electron chi connectivity index (χ0n) is 11.0. The fraction of sp³-hybridized carbons (Fsp3) is 0.533. The monoisotopic (exact) mass is 265 g/mol. The molecule has 19 heavy (non-hydrogen) atoms. The Labute approximate surface area is 113 Å². The van der Waals surface area contributed by atoms with E-state index in [1.807, 2.05) is 4.90 Å². The second-order valence-corrected chi connectivity index (χ2v) is 5.06. The average molecular weight is 265 g/mol. The molecule has 1 heterocycles. The highest BCUT2D eigenvalue weighted by molar-refractivity contribution is 5.79. The molecule has 0 aromatic heterocycles. The molecular formula is C15H20FNO2. The molecule has 0 spiro atoms. The maximum atomic E-state index is 13.1. The summed E-state index contributed by atoms with van der Waals surface area (Å²) in [5.41, 5.74) is 0.720. The molecule has 0 saturated carbocycles. The van der Waals surface area contributed by atoms with Crippen LogP contribution in [-0.4, -0.2) is 35.1 Å². The molecule has 0 bridgehead atoms. The van der Waals surface area contributed by atoms with Crippen LogP contribution < -0.4 is 0 Å². The molecule has 1 fully saturated rings. The highest BCUT2D eigenvalue weighted by Gasteiger charge is 2.27. The first kappa shape index (κ1) is 14.0. The molecule has 3 nitrogen and oxygen atoms in total. The Hall–Kier alpha value is -1.42. The topological polar surface area (TPSA) is 40.5 Å². The molecule has 2 rings (SSSR count). The number of carbonyl (C=O) groups is 1. The molecule has 0 aliphatic carbocycles. The number of nitrogens with zero attached hydrogens (tertiary/aromatic N) is 1. The summed E-state index contributed by atoms with van der Waals surface area (Å²) in [5.74, 6) is -0.241. The van der Waals surface area contributed by atoms with Crippen LogP contribution in [0.4, 0.5) is 4.39 Å². The minimum Gasteiger partial charge on any atom is -0.396 e. The summed E-state index contributed by atoms with van der Waals surface area (Å²) in [6, 6.07) is 6.45. The van der Waals surface area contributed by atoms with Crippen LogP contribution in [0.3, 0.4) is 0 Å². The summed E-state index contributed by atoms with van der Waals surface area (Å²) in [7, 11) is 0. The largest absolute Gasteiger partial charge is 0.396 e. The van der Waals surface area contributed by atoms with Crippen LogP contribution in [0.2, 0.25) is 0 Å². The molecule has 4 heteroatoms. The van der Waals surface area contributed by atoms with Gasteiger partial charge in [-0.25, -0.2) is 4.39 Å². The predicted molar refractivity (Wildman–Crippen MR) is 71.2 cm³/mol. The maximum absolute atomic E-state index is 13.1. The molecule has 1 atom stereocenters. The van der Waals surface area contributed by atoms with Crippen LogP contribution in [0, 0.1) is 5.82 Å². The van der Waals surface area contributed by atoms with Crippen molar-refractivity contribution in [3.8, 4) is 0 Å². The summed E-state index contributed by atoms with van der Waals surface area (Å²) in [6.07, 6.45) is 3.87. The quantitative estimate of drug-likeness (QED) is 0.886. The fourth-order valence-corrected chi connectivity index (χ4v) is 2.71. The molecule has 1 aromatic rings. The van der Waals surface area contributed by atoms with Gasteiger partial charge in [-0.3, -0.25) is 4.79 Å². The lowest BCUT2D eigenvalue weighted by atomic mass is 10.1. The van der Waals surface area contributed by atoms with Crippen molar-refractivity contribution < 1.29 is 14.3 Å². The number of aliphatic hydroxyl groups excluding tert-OH is 1. The number of aliphatic hydroxyl groups is 1. The Morgan fingerprint density at radius 2 is 2.32 bits per heavy atom. The van der Waals surface area contributed by atoms with Crippen LogP contribution in [0.15, 0.2) is 24.3 Å². The van der Waals surface area contributed by atoms with Gasteiger partial charge in [0.15, 0.2) is 0 Å². The number of hydrogen-bond acceptors (Lipinski definition) is 2. The van der Waals surface area contributed by atoms with Crippen molar-refractivity contribution in [3.63, 3.8) is 0 Å². The Balaban J connectivity index is 1.95. The van der Waals surface area contributed by atoms with E-state index in [0.29, 0.717) is 0 Å². The van der Waals surface area contributed by atoms with E-state index in [1.165, 1.54) is 12.1 Å². The molecule has 1 N–H and O–H groups in total. The van der Waals surface area contributed by atoms with Crippen LogP contribution in [0.5, 0.6) is 0 Å². The van der Waals surface area contributed by atoms with Gasteiger partial charge in [0.05, 0.1) is 6.42 Å². The average Bonchev–Trinajstić information content (AvgIpc) is 2.84. The van der Waals surface area contributed by atoms with E-state index in [1.54, 1.807) is 12.1 Å². The number of likely N-dealkylation sites (tertiary alicyclic amines) is 1. The Morgan fingerprint density at radius 1 is 1.47 bits per heavy atom. The van der Waals surface area contributed by atoms with Gasteiger partial charge in [-0.2, -0.15) is 0 Å². The van der Waals surface area contributed by atoms with Crippen LogP contribution in [0.1, 0.15) is 31.2 Å². The van der Waals surface area contributed by atoms with E-state index in [9.17, 15) is 9.18 Å². The minimum atomic E-state index is -0.302. The maximum Gasteiger partial charge on any atom is 0.227 e. The lowest BCUT2D eigenvalue weighted by Crippen LogP contribution is -2.36. The second kappa shape index (κ2) is 6.66. The number of amides is 1. The van der Waals surface area contributed by atoms with E-state index in [2.05, 4.69) is 0 Å². The van der Waals surface area contributed by atoms with Crippen LogP contribution in [-0.2, 0) is 11.2 Å². The molecule has 1 aliphatic heterocycles. The van der Waals surface area contributed by atoms with Crippen molar-refractivity contribution in [1.29, 1.82) is 0 Å². The van der Waals surface area contributed by atoms with Gasteiger partial charge in [-0.15, -0.1) is 0 Å². The molecule has 1 unspecified atom stereocenters. The van der Waals surface area contributed by atoms with Gasteiger partial charge >= 0.3 is 0 Å². The van der Waals surface area contributed by atoms with Crippen molar-refractivity contribution >= 4 is 5.91 Å². The first-order valence-corrected chi connectivity index (χ1v) is 6.85. The fourth-order valence-electron chi connectivity index (χ4n) is 2.71. The molecule has 1 aromatic carbocycles. The number of hydrogen-bond donors (Lipinski definition) is 1. The van der Waals surface area contributed by atoms with Gasteiger partial charge in [-0.05, 0) is 43.4 Å². The number of rotatable bonds is 5. The van der Waals surface area contributed by atoms with Crippen molar-refractivity contribution in [1.82, 2.24) is 4.90 Å². The van der Waals surface area contributed by atoms with Gasteiger partial charge in [0.1, 0.15) is 5.82 Å². The Morgan fingerprint density at radius 3 is 3.05 bits per heavy atom. The molecule has 1 amide bonds. The zero-order valence-corrected chi connectivity index (χ0v) is 11.0. The Bertz CT molecular complexity index is 436. The summed E-state index contributed by atoms with van der Waals surface area (Å²) < 4.78 is 13.1. The third-order valence-electron chi connectivity index (χ3n) is 3.64. The summed E-state index contributed by atoms with van der Waals surface area (Å²) in [6.45, 7) is 0.951. The molecule has 0 radical (unpaired) electrons. The summed E-state index contributed by atoms with van der Waals surface area (Å²) in [5, 5.41) is 8.87. The normalized spacial score (nSPS) is 18.8. The van der Waals surface area contributed by atoms with E-state index in [4.69, 9.17) is 5.11 Å². The number of halogens is 1. The first-order valence-electron chi connectivity index (χ1n) is 6.85. The highest BCUT2D eigenvalue weighted by Crippen LogP contribution is 2.22. The number of carbonyl (C=O) groups excluding carboxylic acids is 1. The highest BCUT2D eigenvalue weighted by atomic mass is 19.1. The Kier molecular flexibility index (Phi) is 4.91. The van der Waals surface area contributed by atoms with Crippen LogP contribution >= 0.6 is 0 Å². The van der Waals surface area contributed by atoms with E-state index in [-0.39, 0.29) is 30.8 Å². The SMILES string of the molecule is O=C(Cc1cccc(F)c1)N1CCCC1CCCO. The predicted octanol–water partition coefficient (Wildman–Crippen LogP) is 2.13. The van der Waals surface area contributed by atoms with Crippen molar-refractivity contribution in [2.45, 2.75) is 38.1 Å². The van der Waals surface area contributed by atoms with Crippen molar-refractivity contribution in [2.75, 3.05) is 13.2 Å². The second-order valence-electron chi connectivity index (χ2n) is 5.06. The molecular weight excluding hydrogens is 245 g/mol. The standard InChI is InChI=1S/C15H20FNO2/c16-13-5-1-4-12(10-13)11-15(19)17-8-2-6-14(17)7-3-9-18/h1,4-5,10,14,18H,2-3,6-9,11H2. The van der Waals surface area contributed by atoms with Crippen molar-refractivity contribution in [3.05, 3.63) is 35.6 Å². The van der Waals surface area contributed by atoms with Gasteiger partial charge in [0.2, 0.25) is 5.91 Å². The summed E-state index contributed by atoms with van der Waals surface area (Å²) in [4.78, 5) is 14.1. The van der Waals surface area contributed by atoms with E-state index in [0.717, 1.165) is 37.8 Å². The first-order chi connectivity index (χ1) is 9.20. The van der Waals surface area contributed by atoms with Gasteiger partial charge in [0, 0.05) is 19.2 Å². The van der Waals surface area contributed by atoms with Crippen LogP contribution in [0.25, 0.3) is 0 Å². The van der Waals surface area contributed by atoms with Gasteiger partial charge in [0.25, 0.3) is 0 Å². The molecule has 1 aliphatic rings. The van der Waals surface area contributed by atoms with Gasteiger partial charge in [-0.1, -0.05) is 12.1 Å². The smallest absolute Gasteiger partial charge is 0.227 e. The lowest BCUT2D eigenvalue weighted by molar-refractivity contribution is -0.131. The zero-order chi connectivity index (χ0) is 13.7. The third kappa shape index (κ3) is 3.77. The third-order valence-corrected chi connectivity index (χ3v) is 3.64. The lowest BCUT2D eigenvalue weighted by Gasteiger charge is -2.24. The van der Waals surface area contributed by atoms with Crippen molar-refractivity contribution in [2.24, 2.45) is 0 Å².